The monoisotopic (exact) mass is 234 g/mol. The molecular formula is C12H10O3S. The van der Waals surface area contributed by atoms with Gasteiger partial charge in [-0.25, -0.2) is 4.79 Å². The Labute approximate surface area is 96.6 Å². The minimum absolute atomic E-state index is 0.134. The number of hydrogen-bond acceptors (Lipinski definition) is 4. The van der Waals surface area contributed by atoms with E-state index in [-0.39, 0.29) is 6.10 Å². The summed E-state index contributed by atoms with van der Waals surface area (Å²) >= 11 is 1.72. The van der Waals surface area contributed by atoms with Crippen LogP contribution in [0.4, 0.5) is 4.79 Å². The second-order valence-corrected chi connectivity index (χ2v) is 4.67. The summed E-state index contributed by atoms with van der Waals surface area (Å²) in [5, 5.41) is 3.37. The number of thiophene rings is 1. The molecule has 0 spiro atoms. The van der Waals surface area contributed by atoms with Crippen LogP contribution < -0.4 is 0 Å². The second kappa shape index (κ2) is 3.79. The van der Waals surface area contributed by atoms with E-state index in [4.69, 9.17) is 9.47 Å². The van der Waals surface area contributed by atoms with E-state index >= 15 is 0 Å². The van der Waals surface area contributed by atoms with E-state index in [9.17, 15) is 4.79 Å². The zero-order valence-corrected chi connectivity index (χ0v) is 9.33. The minimum Gasteiger partial charge on any atom is -0.430 e. The first-order valence-electron chi connectivity index (χ1n) is 5.11. The number of cyclic esters (lactones) is 2. The van der Waals surface area contributed by atoms with Crippen molar-refractivity contribution in [3.63, 3.8) is 0 Å². The predicted octanol–water partition coefficient (Wildman–Crippen LogP) is 2.98. The molecule has 1 aromatic carbocycles. The van der Waals surface area contributed by atoms with E-state index in [1.807, 2.05) is 12.1 Å². The molecule has 0 aliphatic carbocycles. The Balaban J connectivity index is 1.86. The Bertz CT molecular complexity index is 532. The molecular weight excluding hydrogens is 224 g/mol. The molecule has 3 rings (SSSR count). The lowest BCUT2D eigenvalue weighted by Crippen LogP contribution is -2.12. The lowest BCUT2D eigenvalue weighted by Gasteiger charge is -2.04. The van der Waals surface area contributed by atoms with Crippen LogP contribution in [0.3, 0.4) is 0 Å². The average molecular weight is 234 g/mol. The molecule has 4 heteroatoms. The summed E-state index contributed by atoms with van der Waals surface area (Å²) in [7, 11) is 0. The van der Waals surface area contributed by atoms with E-state index in [0.29, 0.717) is 6.61 Å². The van der Waals surface area contributed by atoms with Crippen LogP contribution in [0.2, 0.25) is 0 Å². The number of rotatable bonds is 2. The molecule has 0 bridgehead atoms. The number of carbonyl (C=O) groups is 1. The van der Waals surface area contributed by atoms with Gasteiger partial charge in [-0.05, 0) is 22.4 Å². The van der Waals surface area contributed by atoms with Gasteiger partial charge in [-0.15, -0.1) is 11.3 Å². The summed E-state index contributed by atoms with van der Waals surface area (Å²) in [5.74, 6) is 0. The van der Waals surface area contributed by atoms with Gasteiger partial charge in [0, 0.05) is 11.1 Å². The van der Waals surface area contributed by atoms with Crippen molar-refractivity contribution in [2.75, 3.05) is 6.61 Å². The zero-order valence-electron chi connectivity index (χ0n) is 8.51. The van der Waals surface area contributed by atoms with Gasteiger partial charge in [0.05, 0.1) is 0 Å². The molecule has 2 heterocycles. The number of benzene rings is 1. The first-order chi connectivity index (χ1) is 7.83. The molecule has 1 aliphatic heterocycles. The van der Waals surface area contributed by atoms with E-state index in [1.165, 1.54) is 15.6 Å². The van der Waals surface area contributed by atoms with E-state index in [2.05, 4.69) is 17.5 Å². The highest BCUT2D eigenvalue weighted by molar-refractivity contribution is 7.17. The molecule has 1 saturated heterocycles. The lowest BCUT2D eigenvalue weighted by molar-refractivity contribution is 0.118. The highest BCUT2D eigenvalue weighted by Crippen LogP contribution is 2.27. The fraction of sp³-hybridized carbons (Fsp3) is 0.250. The molecule has 1 fully saturated rings. The summed E-state index contributed by atoms with van der Waals surface area (Å²) < 4.78 is 11.1. The molecule has 0 saturated carbocycles. The van der Waals surface area contributed by atoms with Crippen LogP contribution in [-0.4, -0.2) is 18.9 Å². The largest absolute Gasteiger partial charge is 0.508 e. The quantitative estimate of drug-likeness (QED) is 0.749. The van der Waals surface area contributed by atoms with Crippen LogP contribution in [0, 0.1) is 0 Å². The summed E-state index contributed by atoms with van der Waals surface area (Å²) in [6, 6.07) is 8.25. The normalized spacial score (nSPS) is 19.8. The SMILES string of the molecule is O=C1OCC(Cc2csc3ccccc23)O1. The number of fused-ring (bicyclic) bond motifs is 1. The van der Waals surface area contributed by atoms with Gasteiger partial charge in [0.1, 0.15) is 12.7 Å². The summed E-state index contributed by atoms with van der Waals surface area (Å²) in [6.45, 7) is 0.364. The molecule has 0 radical (unpaired) electrons. The molecule has 16 heavy (non-hydrogen) atoms. The van der Waals surface area contributed by atoms with Gasteiger partial charge in [0.15, 0.2) is 0 Å². The van der Waals surface area contributed by atoms with Crippen molar-refractivity contribution >= 4 is 27.6 Å². The standard InChI is InChI=1S/C12H10O3S/c13-12-14-6-9(15-12)5-8-7-16-11-4-2-1-3-10(8)11/h1-4,7,9H,5-6H2. The van der Waals surface area contributed by atoms with Crippen molar-refractivity contribution in [3.05, 3.63) is 35.2 Å². The van der Waals surface area contributed by atoms with Gasteiger partial charge in [-0.3, -0.25) is 0 Å². The third kappa shape index (κ3) is 1.65. The Morgan fingerprint density at radius 1 is 1.38 bits per heavy atom. The summed E-state index contributed by atoms with van der Waals surface area (Å²) in [4.78, 5) is 10.8. The van der Waals surface area contributed by atoms with Crippen LogP contribution in [-0.2, 0) is 15.9 Å². The Kier molecular flexibility index (Phi) is 2.29. The van der Waals surface area contributed by atoms with Crippen LogP contribution in [0.1, 0.15) is 5.56 Å². The molecule has 82 valence electrons. The third-order valence-corrected chi connectivity index (χ3v) is 3.67. The topological polar surface area (TPSA) is 35.5 Å². The van der Waals surface area contributed by atoms with Crippen molar-refractivity contribution in [3.8, 4) is 0 Å². The maximum Gasteiger partial charge on any atom is 0.508 e. The second-order valence-electron chi connectivity index (χ2n) is 3.76. The van der Waals surface area contributed by atoms with E-state index < -0.39 is 6.16 Å². The molecule has 1 aliphatic rings. The molecule has 3 nitrogen and oxygen atoms in total. The van der Waals surface area contributed by atoms with Crippen LogP contribution in [0.15, 0.2) is 29.6 Å². The Hall–Kier alpha value is -1.55. The van der Waals surface area contributed by atoms with Crippen LogP contribution in [0.5, 0.6) is 0 Å². The number of ether oxygens (including phenoxy) is 2. The van der Waals surface area contributed by atoms with Crippen LogP contribution in [0.25, 0.3) is 10.1 Å². The van der Waals surface area contributed by atoms with Gasteiger partial charge in [-0.2, -0.15) is 0 Å². The van der Waals surface area contributed by atoms with E-state index in [1.54, 1.807) is 11.3 Å². The first-order valence-corrected chi connectivity index (χ1v) is 5.99. The van der Waals surface area contributed by atoms with Crippen molar-refractivity contribution < 1.29 is 14.3 Å². The molecule has 2 aromatic rings. The highest BCUT2D eigenvalue weighted by atomic mass is 32.1. The first kappa shape index (κ1) is 9.66. The van der Waals surface area contributed by atoms with E-state index in [0.717, 1.165) is 6.42 Å². The van der Waals surface area contributed by atoms with Crippen molar-refractivity contribution in [1.82, 2.24) is 0 Å². The Morgan fingerprint density at radius 3 is 3.06 bits per heavy atom. The minimum atomic E-state index is -0.551. The maximum atomic E-state index is 10.8. The molecule has 0 N–H and O–H groups in total. The molecule has 0 amide bonds. The van der Waals surface area contributed by atoms with Gasteiger partial charge < -0.3 is 9.47 Å². The van der Waals surface area contributed by atoms with Gasteiger partial charge in [0.25, 0.3) is 0 Å². The average Bonchev–Trinajstić information content (AvgIpc) is 2.87. The van der Waals surface area contributed by atoms with Gasteiger partial charge in [-0.1, -0.05) is 18.2 Å². The van der Waals surface area contributed by atoms with Gasteiger partial charge in [0.2, 0.25) is 0 Å². The number of carbonyl (C=O) groups excluding carboxylic acids is 1. The van der Waals surface area contributed by atoms with Gasteiger partial charge >= 0.3 is 6.16 Å². The van der Waals surface area contributed by atoms with Crippen molar-refractivity contribution in [2.45, 2.75) is 12.5 Å². The molecule has 1 aromatic heterocycles. The highest BCUT2D eigenvalue weighted by Gasteiger charge is 2.25. The third-order valence-electron chi connectivity index (χ3n) is 2.66. The summed E-state index contributed by atoms with van der Waals surface area (Å²) in [6.07, 6.45) is 0.0468. The van der Waals surface area contributed by atoms with Crippen molar-refractivity contribution in [2.24, 2.45) is 0 Å². The lowest BCUT2D eigenvalue weighted by atomic mass is 10.1. The fourth-order valence-electron chi connectivity index (χ4n) is 1.90. The molecule has 1 unspecified atom stereocenters. The maximum absolute atomic E-state index is 10.8. The number of hydrogen-bond donors (Lipinski definition) is 0. The summed E-state index contributed by atoms with van der Waals surface area (Å²) in [5.41, 5.74) is 1.23. The Morgan fingerprint density at radius 2 is 2.25 bits per heavy atom. The van der Waals surface area contributed by atoms with Crippen molar-refractivity contribution in [1.29, 1.82) is 0 Å². The zero-order chi connectivity index (χ0) is 11.0. The molecule has 1 atom stereocenters. The fourth-order valence-corrected chi connectivity index (χ4v) is 2.88. The predicted molar refractivity (Wildman–Crippen MR) is 61.8 cm³/mol. The van der Waals surface area contributed by atoms with Crippen LogP contribution >= 0.6 is 11.3 Å². The smallest absolute Gasteiger partial charge is 0.430 e.